The smallest absolute Gasteiger partial charge is 0.272 e. The molecule has 0 bridgehead atoms. The summed E-state index contributed by atoms with van der Waals surface area (Å²) in [6.07, 6.45) is 1.52. The Morgan fingerprint density at radius 2 is 1.67 bits per heavy atom. The van der Waals surface area contributed by atoms with E-state index in [1.807, 2.05) is 5.38 Å². The highest BCUT2D eigenvalue weighted by Gasteiger charge is 2.17. The molecule has 9 nitrogen and oxygen atoms in total. The first-order valence-electron chi connectivity index (χ1n) is 14.3. The molecule has 0 unspecified atom stereocenters. The number of rotatable bonds is 12. The van der Waals surface area contributed by atoms with Crippen LogP contribution in [0.2, 0.25) is 10.0 Å². The Morgan fingerprint density at radius 3 is 2.38 bits per heavy atom. The zero-order valence-electron chi connectivity index (χ0n) is 25.6. The van der Waals surface area contributed by atoms with Gasteiger partial charge in [-0.15, -0.1) is 23.1 Å². The molecule has 0 atom stereocenters. The van der Waals surface area contributed by atoms with Crippen LogP contribution < -0.4 is 25.4 Å². The molecule has 0 radical (unpaired) electrons. The Morgan fingerprint density at radius 1 is 0.896 bits per heavy atom. The molecule has 0 aliphatic rings. The molecule has 0 spiro atoms. The first-order chi connectivity index (χ1) is 23.2. The van der Waals surface area contributed by atoms with Gasteiger partial charge in [0.05, 0.1) is 30.7 Å². The van der Waals surface area contributed by atoms with Crippen LogP contribution in [0.1, 0.15) is 15.9 Å². The average molecular weight is 720 g/mol. The lowest BCUT2D eigenvalue weighted by Gasteiger charge is -2.13. The minimum atomic E-state index is -0.549. The molecule has 0 saturated carbocycles. The highest BCUT2D eigenvalue weighted by Crippen LogP contribution is 2.33. The van der Waals surface area contributed by atoms with E-state index in [0.717, 1.165) is 10.5 Å². The number of methoxy groups -OCH3 is 2. The summed E-state index contributed by atoms with van der Waals surface area (Å²) in [6, 6.07) is 25.9. The van der Waals surface area contributed by atoms with Crippen LogP contribution in [0.15, 0.2) is 107 Å². The third kappa shape index (κ3) is 9.17. The number of hydrogen-bond acceptors (Lipinski definition) is 8. The number of ether oxygens (including phenoxy) is 2. The number of benzene rings is 4. The number of halogens is 2. The van der Waals surface area contributed by atoms with Crippen molar-refractivity contribution in [2.75, 3.05) is 30.6 Å². The number of nitrogens with one attached hydrogen (secondary N) is 3. The molecule has 244 valence electrons. The number of hydrogen-bond donors (Lipinski definition) is 3. The summed E-state index contributed by atoms with van der Waals surface area (Å²) in [5, 5.41) is 11.6. The van der Waals surface area contributed by atoms with Crippen LogP contribution in [0, 0.1) is 0 Å². The Balaban J connectivity index is 1.23. The Labute approximate surface area is 295 Å². The maximum Gasteiger partial charge on any atom is 0.272 e. The van der Waals surface area contributed by atoms with Gasteiger partial charge < -0.3 is 25.4 Å². The second-order valence-electron chi connectivity index (χ2n) is 9.96. The van der Waals surface area contributed by atoms with Gasteiger partial charge in [-0.1, -0.05) is 41.4 Å². The van der Waals surface area contributed by atoms with Crippen LogP contribution >= 0.6 is 46.3 Å². The molecule has 0 saturated heterocycles. The van der Waals surface area contributed by atoms with Gasteiger partial charge in [-0.25, -0.2) is 4.98 Å². The van der Waals surface area contributed by atoms with Crippen LogP contribution in [0.4, 0.5) is 10.8 Å². The maximum absolute atomic E-state index is 13.5. The van der Waals surface area contributed by atoms with Gasteiger partial charge in [-0.05, 0) is 78.9 Å². The van der Waals surface area contributed by atoms with Crippen LogP contribution in [-0.4, -0.2) is 42.7 Å². The minimum Gasteiger partial charge on any atom is -0.497 e. The number of nitrogens with zero attached hydrogens (tertiary/aromatic N) is 1. The van der Waals surface area contributed by atoms with Crippen LogP contribution in [0.25, 0.3) is 17.3 Å². The van der Waals surface area contributed by atoms with E-state index in [9.17, 15) is 14.4 Å². The van der Waals surface area contributed by atoms with Crippen molar-refractivity contribution in [3.05, 3.63) is 123 Å². The van der Waals surface area contributed by atoms with Crippen LogP contribution in [0.3, 0.4) is 0 Å². The second kappa shape index (κ2) is 16.3. The fourth-order valence-electron chi connectivity index (χ4n) is 4.34. The lowest BCUT2D eigenvalue weighted by atomic mass is 10.1. The largest absolute Gasteiger partial charge is 0.497 e. The fourth-order valence-corrected chi connectivity index (χ4v) is 6.27. The van der Waals surface area contributed by atoms with Crippen molar-refractivity contribution < 1.29 is 23.9 Å². The summed E-state index contributed by atoms with van der Waals surface area (Å²) in [5.74, 6) is -0.0436. The summed E-state index contributed by atoms with van der Waals surface area (Å²) in [6.45, 7) is 0. The molecule has 4 aromatic carbocycles. The Kier molecular flexibility index (Phi) is 11.8. The summed E-state index contributed by atoms with van der Waals surface area (Å²) >= 11 is 14.9. The van der Waals surface area contributed by atoms with E-state index in [-0.39, 0.29) is 17.4 Å². The van der Waals surface area contributed by atoms with Crippen LogP contribution in [-0.2, 0) is 9.59 Å². The standard InChI is InChI=1S/C35H28Cl2N4O5S2/c1-45-25-11-15-31(46-2)22(16-25)17-29(39-33(43)21-6-4-3-5-7-21)34(44)38-24-9-12-26(13-10-24)47-20-32(42)41-35-40-30(19-48-35)27-14-8-23(36)18-28(27)37/h3-19H,20H2,1-2H3,(H,38,44)(H,39,43)(H,40,41,42)/b29-17-. The number of thioether (sulfide) groups is 1. The quantitative estimate of drug-likeness (QED) is 0.0878. The van der Waals surface area contributed by atoms with E-state index < -0.39 is 11.8 Å². The van der Waals surface area contributed by atoms with E-state index in [1.54, 1.807) is 91.0 Å². The summed E-state index contributed by atoms with van der Waals surface area (Å²) in [5.41, 5.74) is 2.77. The Bertz CT molecular complexity index is 1970. The first kappa shape index (κ1) is 34.5. The van der Waals surface area contributed by atoms with E-state index in [0.29, 0.717) is 49.2 Å². The van der Waals surface area contributed by atoms with Gasteiger partial charge in [-0.3, -0.25) is 14.4 Å². The lowest BCUT2D eigenvalue weighted by molar-refractivity contribution is -0.114. The number of carbonyl (C=O) groups is 3. The maximum atomic E-state index is 13.5. The van der Waals surface area contributed by atoms with Gasteiger partial charge in [0.15, 0.2) is 5.13 Å². The van der Waals surface area contributed by atoms with Crippen molar-refractivity contribution in [3.63, 3.8) is 0 Å². The van der Waals surface area contributed by atoms with Crippen molar-refractivity contribution in [3.8, 4) is 22.8 Å². The van der Waals surface area contributed by atoms with E-state index in [4.69, 9.17) is 32.7 Å². The SMILES string of the molecule is COc1ccc(OC)c(/C=C(\NC(=O)c2ccccc2)C(=O)Nc2ccc(SCC(=O)Nc3nc(-c4ccc(Cl)cc4Cl)cs3)cc2)c1. The molecule has 5 aromatic rings. The summed E-state index contributed by atoms with van der Waals surface area (Å²) in [7, 11) is 3.05. The number of aromatic nitrogens is 1. The van der Waals surface area contributed by atoms with E-state index in [1.165, 1.54) is 43.4 Å². The first-order valence-corrected chi connectivity index (χ1v) is 16.9. The molecule has 13 heteroatoms. The van der Waals surface area contributed by atoms with Gasteiger partial charge in [0.1, 0.15) is 17.2 Å². The molecule has 48 heavy (non-hydrogen) atoms. The lowest BCUT2D eigenvalue weighted by Crippen LogP contribution is -2.30. The van der Waals surface area contributed by atoms with Crippen molar-refractivity contribution in [2.24, 2.45) is 0 Å². The van der Waals surface area contributed by atoms with Crippen molar-refractivity contribution in [1.29, 1.82) is 0 Å². The van der Waals surface area contributed by atoms with Crippen molar-refractivity contribution in [2.45, 2.75) is 4.90 Å². The zero-order chi connectivity index (χ0) is 34.0. The highest BCUT2D eigenvalue weighted by atomic mass is 35.5. The predicted molar refractivity (Wildman–Crippen MR) is 193 cm³/mol. The number of carbonyl (C=O) groups excluding carboxylic acids is 3. The third-order valence-electron chi connectivity index (χ3n) is 6.71. The van der Waals surface area contributed by atoms with Gasteiger partial charge in [0, 0.05) is 37.7 Å². The minimum absolute atomic E-state index is 0.00536. The van der Waals surface area contributed by atoms with E-state index >= 15 is 0 Å². The van der Waals surface area contributed by atoms with E-state index in [2.05, 4.69) is 20.9 Å². The van der Waals surface area contributed by atoms with Gasteiger partial charge in [0.2, 0.25) is 5.91 Å². The number of amides is 3. The molecule has 5 rings (SSSR count). The molecule has 0 fully saturated rings. The molecule has 1 aromatic heterocycles. The van der Waals surface area contributed by atoms with Crippen LogP contribution in [0.5, 0.6) is 11.5 Å². The number of anilines is 2. The highest BCUT2D eigenvalue weighted by molar-refractivity contribution is 8.00. The van der Waals surface area contributed by atoms with Gasteiger partial charge in [-0.2, -0.15) is 0 Å². The predicted octanol–water partition coefficient (Wildman–Crippen LogP) is 8.27. The van der Waals surface area contributed by atoms with Crippen molar-refractivity contribution >= 4 is 80.9 Å². The summed E-state index contributed by atoms with van der Waals surface area (Å²) < 4.78 is 10.8. The normalized spacial score (nSPS) is 11.0. The monoisotopic (exact) mass is 718 g/mol. The third-order valence-corrected chi connectivity index (χ3v) is 9.02. The number of thiazole rings is 1. The Hall–Kier alpha value is -4.81. The zero-order valence-corrected chi connectivity index (χ0v) is 28.7. The molecule has 0 aliphatic heterocycles. The van der Waals surface area contributed by atoms with Gasteiger partial charge >= 0.3 is 0 Å². The molecule has 0 aliphatic carbocycles. The topological polar surface area (TPSA) is 119 Å². The molecule has 1 heterocycles. The molecular formula is C35H28Cl2N4O5S2. The van der Waals surface area contributed by atoms with Crippen molar-refractivity contribution in [1.82, 2.24) is 10.3 Å². The molecule has 3 amide bonds. The summed E-state index contributed by atoms with van der Waals surface area (Å²) in [4.78, 5) is 44.4. The average Bonchev–Trinajstić information content (AvgIpc) is 3.55. The molecular weight excluding hydrogens is 691 g/mol. The fraction of sp³-hybridized carbons (Fsp3) is 0.0857. The van der Waals surface area contributed by atoms with Gasteiger partial charge in [0.25, 0.3) is 11.8 Å². The second-order valence-corrected chi connectivity index (χ2v) is 12.7. The molecule has 3 N–H and O–H groups in total.